The van der Waals surface area contributed by atoms with E-state index in [0.29, 0.717) is 5.82 Å². The van der Waals surface area contributed by atoms with Crippen LogP contribution in [0.1, 0.15) is 0 Å². The minimum absolute atomic E-state index is 0.592. The average molecular weight is 599 g/mol. The van der Waals surface area contributed by atoms with E-state index in [2.05, 4.69) is 131 Å². The second-order valence-electron chi connectivity index (χ2n) is 12.1. The van der Waals surface area contributed by atoms with Crippen molar-refractivity contribution in [2.45, 2.75) is 0 Å². The molecular weight excluding hydrogens is 573 g/mol. The van der Waals surface area contributed by atoms with Crippen LogP contribution in [0.4, 0.5) is 0 Å². The van der Waals surface area contributed by atoms with Crippen LogP contribution in [-0.4, -0.2) is 19.7 Å². The van der Waals surface area contributed by atoms with Crippen LogP contribution < -0.4 is 0 Å². The summed E-state index contributed by atoms with van der Waals surface area (Å²) in [6, 6.07) is 55.6. The number of benzene rings is 7. The second kappa shape index (κ2) is 10.1. The highest BCUT2D eigenvalue weighted by Crippen LogP contribution is 2.49. The molecule has 7 aromatic carbocycles. The quantitative estimate of drug-likeness (QED) is 0.202. The Labute approximate surface area is 271 Å². The maximum Gasteiger partial charge on any atom is 0.182 e. The maximum atomic E-state index is 5.15. The molecule has 0 unspecified atom stereocenters. The van der Waals surface area contributed by atoms with Gasteiger partial charge in [-0.3, -0.25) is 0 Å². The lowest BCUT2D eigenvalue weighted by Gasteiger charge is -2.14. The molecule has 0 amide bonds. The first-order valence-corrected chi connectivity index (χ1v) is 15.9. The van der Waals surface area contributed by atoms with E-state index in [0.717, 1.165) is 33.8 Å². The molecule has 0 atom stereocenters. The molecule has 0 saturated heterocycles. The Bertz CT molecular complexity index is 2580. The van der Waals surface area contributed by atoms with Gasteiger partial charge < -0.3 is 4.57 Å². The zero-order valence-electron chi connectivity index (χ0n) is 25.3. The third-order valence-electron chi connectivity index (χ3n) is 9.45. The van der Waals surface area contributed by atoms with Gasteiger partial charge in [-0.05, 0) is 57.3 Å². The number of nitrogens with zero attached hydrogens (tertiary/aromatic N) is 4. The minimum Gasteiger partial charge on any atom is -0.309 e. The Hall–Kier alpha value is -6.39. The van der Waals surface area contributed by atoms with Crippen LogP contribution in [0.3, 0.4) is 0 Å². The van der Waals surface area contributed by atoms with Crippen molar-refractivity contribution >= 4 is 32.6 Å². The molecular formula is C43H26N4. The van der Waals surface area contributed by atoms with Gasteiger partial charge in [0.25, 0.3) is 0 Å². The lowest BCUT2D eigenvalue weighted by atomic mass is 9.93. The van der Waals surface area contributed by atoms with Gasteiger partial charge in [0.1, 0.15) is 11.4 Å². The lowest BCUT2D eigenvalue weighted by molar-refractivity contribution is 0.991. The normalized spacial score (nSPS) is 11.8. The van der Waals surface area contributed by atoms with E-state index in [1.807, 2.05) is 36.4 Å². The zero-order chi connectivity index (χ0) is 30.9. The molecule has 0 aliphatic heterocycles. The first kappa shape index (κ1) is 25.9. The van der Waals surface area contributed by atoms with Crippen LogP contribution in [0.2, 0.25) is 0 Å². The largest absolute Gasteiger partial charge is 0.309 e. The zero-order valence-corrected chi connectivity index (χ0v) is 25.3. The van der Waals surface area contributed by atoms with Crippen LogP contribution in [0.15, 0.2) is 158 Å². The molecule has 0 spiro atoms. The van der Waals surface area contributed by atoms with Gasteiger partial charge in [-0.2, -0.15) is 0 Å². The van der Waals surface area contributed by atoms with Gasteiger partial charge in [0, 0.05) is 33.2 Å². The Balaban J connectivity index is 1.20. The molecule has 9 aromatic rings. The van der Waals surface area contributed by atoms with Crippen molar-refractivity contribution in [1.82, 2.24) is 19.7 Å². The molecule has 0 saturated carbocycles. The summed E-state index contributed by atoms with van der Waals surface area (Å²) < 4.78 is 2.39. The molecule has 0 radical (unpaired) electrons. The van der Waals surface area contributed by atoms with Gasteiger partial charge in [-0.1, -0.05) is 133 Å². The van der Waals surface area contributed by atoms with Gasteiger partial charge in [-0.25, -0.2) is 4.98 Å². The monoisotopic (exact) mass is 598 g/mol. The summed E-state index contributed by atoms with van der Waals surface area (Å²) in [6.07, 6.45) is 0. The summed E-state index contributed by atoms with van der Waals surface area (Å²) in [5, 5.41) is 14.6. The predicted octanol–water partition coefficient (Wildman–Crippen LogP) is 10.8. The van der Waals surface area contributed by atoms with E-state index >= 15 is 0 Å². The Morgan fingerprint density at radius 1 is 0.383 bits per heavy atom. The topological polar surface area (TPSA) is 43.6 Å². The number of hydrogen-bond donors (Lipinski definition) is 0. The molecule has 10 rings (SSSR count). The third-order valence-corrected chi connectivity index (χ3v) is 9.45. The lowest BCUT2D eigenvalue weighted by Crippen LogP contribution is -2.01. The Kier molecular flexibility index (Phi) is 5.54. The molecule has 218 valence electrons. The molecule has 1 aliphatic carbocycles. The molecule has 2 aromatic heterocycles. The minimum atomic E-state index is 0.592. The van der Waals surface area contributed by atoms with Crippen LogP contribution in [0.5, 0.6) is 0 Å². The van der Waals surface area contributed by atoms with E-state index in [4.69, 9.17) is 10.1 Å². The fourth-order valence-corrected chi connectivity index (χ4v) is 7.45. The number of hydrogen-bond acceptors (Lipinski definition) is 3. The first-order chi connectivity index (χ1) is 23.3. The van der Waals surface area contributed by atoms with E-state index in [1.54, 1.807) is 0 Å². The number of aromatic nitrogens is 4. The summed E-state index contributed by atoms with van der Waals surface area (Å²) in [6.45, 7) is 0. The maximum absolute atomic E-state index is 5.15. The Morgan fingerprint density at radius 3 is 1.51 bits per heavy atom. The number of fused-ring (bicyclic) bond motifs is 2. The van der Waals surface area contributed by atoms with Gasteiger partial charge in [0.2, 0.25) is 0 Å². The van der Waals surface area contributed by atoms with E-state index in [9.17, 15) is 0 Å². The smallest absolute Gasteiger partial charge is 0.182 e. The van der Waals surface area contributed by atoms with Gasteiger partial charge in [-0.15, -0.1) is 10.2 Å². The van der Waals surface area contributed by atoms with Crippen LogP contribution in [-0.2, 0) is 0 Å². The predicted molar refractivity (Wildman–Crippen MR) is 192 cm³/mol. The summed E-state index contributed by atoms with van der Waals surface area (Å²) in [5.74, 6) is 0.592. The molecule has 0 fully saturated rings. The first-order valence-electron chi connectivity index (χ1n) is 15.9. The number of rotatable bonds is 4. The van der Waals surface area contributed by atoms with Crippen molar-refractivity contribution in [3.63, 3.8) is 0 Å². The van der Waals surface area contributed by atoms with Gasteiger partial charge in [0.05, 0.1) is 11.0 Å². The highest BCUT2D eigenvalue weighted by atomic mass is 15.2. The standard InChI is InChI=1S/C43H26N4/c1-3-12-28(13-4-1)41-42(29-14-5-2-6-15-29)45-46-43(44-41)30-18-7-19-31(26-30)47-36-24-10-22-34-32-20-8-16-27-17-9-21-33(38(27)32)35-23-11-25-37(47)40(35)39(34)36/h1-26H. The molecule has 4 heteroatoms. The van der Waals surface area contributed by atoms with Gasteiger partial charge >= 0.3 is 0 Å². The fraction of sp³-hybridized carbons (Fsp3) is 0. The van der Waals surface area contributed by atoms with E-state index in [-0.39, 0.29) is 0 Å². The van der Waals surface area contributed by atoms with Crippen molar-refractivity contribution < 1.29 is 0 Å². The fourth-order valence-electron chi connectivity index (χ4n) is 7.45. The van der Waals surface area contributed by atoms with Crippen molar-refractivity contribution in [1.29, 1.82) is 0 Å². The van der Waals surface area contributed by atoms with Crippen LogP contribution in [0, 0.1) is 0 Å². The summed E-state index contributed by atoms with van der Waals surface area (Å²) >= 11 is 0. The summed E-state index contributed by atoms with van der Waals surface area (Å²) in [7, 11) is 0. The molecule has 2 heterocycles. The van der Waals surface area contributed by atoms with E-state index in [1.165, 1.54) is 54.8 Å². The van der Waals surface area contributed by atoms with Crippen molar-refractivity contribution in [3.05, 3.63) is 158 Å². The molecule has 0 N–H and O–H groups in total. The Morgan fingerprint density at radius 2 is 0.894 bits per heavy atom. The molecule has 0 bridgehead atoms. The SMILES string of the molecule is c1ccc(-c2nnc(-c3cccc(-n4c5cccc6c5c5c(cccc54)-c4cccc5cccc-6c45)c3)nc2-c2ccccc2)cc1. The van der Waals surface area contributed by atoms with Gasteiger partial charge in [0.15, 0.2) is 5.82 Å². The van der Waals surface area contributed by atoms with Crippen LogP contribution >= 0.6 is 0 Å². The average Bonchev–Trinajstić information content (AvgIpc) is 3.43. The second-order valence-corrected chi connectivity index (χ2v) is 12.1. The van der Waals surface area contributed by atoms with E-state index < -0.39 is 0 Å². The molecule has 4 nitrogen and oxygen atoms in total. The molecule has 1 aliphatic rings. The van der Waals surface area contributed by atoms with Crippen molar-refractivity contribution in [2.75, 3.05) is 0 Å². The highest BCUT2D eigenvalue weighted by molar-refractivity contribution is 6.27. The summed E-state index contributed by atoms with van der Waals surface area (Å²) in [5.41, 5.74) is 13.0. The highest BCUT2D eigenvalue weighted by Gasteiger charge is 2.24. The van der Waals surface area contributed by atoms with Crippen molar-refractivity contribution in [2.24, 2.45) is 0 Å². The van der Waals surface area contributed by atoms with Crippen molar-refractivity contribution in [3.8, 4) is 61.8 Å². The summed E-state index contributed by atoms with van der Waals surface area (Å²) in [4.78, 5) is 5.15. The third kappa shape index (κ3) is 3.85. The van der Waals surface area contributed by atoms with Crippen LogP contribution in [0.25, 0.3) is 94.4 Å². The molecule has 47 heavy (non-hydrogen) atoms.